The van der Waals surface area contributed by atoms with Gasteiger partial charge in [0.05, 0.1) is 33.8 Å². The van der Waals surface area contributed by atoms with Crippen LogP contribution in [0.5, 0.6) is 5.75 Å². The maximum absolute atomic E-state index is 13.3. The Morgan fingerprint density at radius 1 is 1.03 bits per heavy atom. The third-order valence-electron chi connectivity index (χ3n) is 6.28. The molecule has 0 bridgehead atoms. The van der Waals surface area contributed by atoms with Gasteiger partial charge in [-0.3, -0.25) is 0 Å². The van der Waals surface area contributed by atoms with Crippen LogP contribution in [0.1, 0.15) is 37.8 Å². The predicted octanol–water partition coefficient (Wildman–Crippen LogP) is 4.11. The summed E-state index contributed by atoms with van der Waals surface area (Å²) in [6.45, 7) is 7.93. The van der Waals surface area contributed by atoms with Gasteiger partial charge in [-0.15, -0.1) is 0 Å². The number of nitrogens with one attached hydrogen (secondary N) is 1. The number of piperidine rings is 1. The van der Waals surface area contributed by atoms with Crippen molar-refractivity contribution >= 4 is 12.0 Å². The molecule has 39 heavy (non-hydrogen) atoms. The summed E-state index contributed by atoms with van der Waals surface area (Å²) in [5.41, 5.74) is 1.96. The second-order valence-corrected chi connectivity index (χ2v) is 10.7. The van der Waals surface area contributed by atoms with E-state index in [-0.39, 0.29) is 17.9 Å². The van der Waals surface area contributed by atoms with Gasteiger partial charge in [0.2, 0.25) is 0 Å². The Bertz CT molecular complexity index is 1050. The monoisotopic (exact) mass is 555 g/mol. The van der Waals surface area contributed by atoms with E-state index >= 15 is 0 Å². The van der Waals surface area contributed by atoms with Crippen LogP contribution in [0, 0.1) is 11.7 Å². The lowest BCUT2D eigenvalue weighted by Crippen LogP contribution is -2.54. The number of rotatable bonds is 8. The molecule has 2 amide bonds. The predicted molar refractivity (Wildman–Crippen MR) is 137 cm³/mol. The van der Waals surface area contributed by atoms with Crippen molar-refractivity contribution in [1.82, 2.24) is 10.2 Å². The average molecular weight is 556 g/mol. The van der Waals surface area contributed by atoms with Crippen LogP contribution in [0.15, 0.2) is 48.5 Å². The van der Waals surface area contributed by atoms with Crippen molar-refractivity contribution in [3.05, 3.63) is 65.5 Å². The number of carboxylic acids is 1. The van der Waals surface area contributed by atoms with Gasteiger partial charge in [-0.2, -0.15) is 13.2 Å². The molecule has 0 saturated carbocycles. The number of nitrogens with zero attached hydrogens (tertiary/aromatic N) is 2. The highest BCUT2D eigenvalue weighted by molar-refractivity contribution is 5.74. The van der Waals surface area contributed by atoms with Crippen molar-refractivity contribution < 1.29 is 41.5 Å². The summed E-state index contributed by atoms with van der Waals surface area (Å²) < 4.78 is 51.6. The number of halogens is 4. The number of carbonyl (C=O) groups is 2. The summed E-state index contributed by atoms with van der Waals surface area (Å²) in [5, 5.41) is 11.9. The average Bonchev–Trinajstić information content (AvgIpc) is 2.86. The van der Waals surface area contributed by atoms with Crippen molar-refractivity contribution in [2.75, 3.05) is 33.8 Å². The molecule has 2 aromatic carbocycles. The molecular weight excluding hydrogens is 518 g/mol. The van der Waals surface area contributed by atoms with Gasteiger partial charge in [0.15, 0.2) is 0 Å². The molecular formula is C28H37F4N3O4. The molecule has 1 aliphatic rings. The van der Waals surface area contributed by atoms with E-state index in [2.05, 4.69) is 33.3 Å². The lowest BCUT2D eigenvalue weighted by atomic mass is 10.0. The van der Waals surface area contributed by atoms with Gasteiger partial charge < -0.3 is 29.3 Å². The zero-order valence-corrected chi connectivity index (χ0v) is 22.8. The van der Waals surface area contributed by atoms with Crippen molar-refractivity contribution in [3.63, 3.8) is 0 Å². The number of benzene rings is 2. The number of carboxylic acid groups (broad SMARTS) is 1. The molecule has 0 spiro atoms. The van der Waals surface area contributed by atoms with Gasteiger partial charge in [0.1, 0.15) is 17.5 Å². The second kappa shape index (κ2) is 14.2. The Morgan fingerprint density at radius 2 is 1.54 bits per heavy atom. The van der Waals surface area contributed by atoms with Crippen molar-refractivity contribution in [3.8, 4) is 5.75 Å². The number of urea groups is 1. The van der Waals surface area contributed by atoms with Gasteiger partial charge in [0.25, 0.3) is 0 Å². The summed E-state index contributed by atoms with van der Waals surface area (Å²) in [4.78, 5) is 23.9. The molecule has 216 valence electrons. The highest BCUT2D eigenvalue weighted by Gasteiger charge is 2.32. The van der Waals surface area contributed by atoms with Crippen molar-refractivity contribution in [1.29, 1.82) is 0 Å². The minimum Gasteiger partial charge on any atom is -0.542 e. The molecule has 0 atom stereocenters. The van der Waals surface area contributed by atoms with E-state index in [1.165, 1.54) is 12.1 Å². The number of hydrogen-bond donors (Lipinski definition) is 1. The van der Waals surface area contributed by atoms with Crippen LogP contribution in [0.3, 0.4) is 0 Å². The van der Waals surface area contributed by atoms with E-state index in [1.54, 1.807) is 12.1 Å². The molecule has 0 radical (unpaired) electrons. The number of aliphatic carboxylic acids is 1. The fourth-order valence-corrected chi connectivity index (χ4v) is 3.96. The van der Waals surface area contributed by atoms with Gasteiger partial charge in [-0.05, 0) is 41.3 Å². The number of carbonyl (C=O) groups excluding carboxylic acids is 2. The van der Waals surface area contributed by atoms with Gasteiger partial charge in [0, 0.05) is 32.0 Å². The maximum atomic E-state index is 13.3. The highest BCUT2D eigenvalue weighted by atomic mass is 19.4. The van der Waals surface area contributed by atoms with Crippen LogP contribution in [0.4, 0.5) is 22.4 Å². The zero-order chi connectivity index (χ0) is 29.2. The van der Waals surface area contributed by atoms with Gasteiger partial charge in [-0.1, -0.05) is 38.1 Å². The van der Waals surface area contributed by atoms with Crippen LogP contribution >= 0.6 is 0 Å². The van der Waals surface area contributed by atoms with Gasteiger partial charge >= 0.3 is 12.2 Å². The molecule has 1 heterocycles. The summed E-state index contributed by atoms with van der Waals surface area (Å²) in [6.07, 6.45) is -3.27. The van der Waals surface area contributed by atoms with E-state index in [4.69, 9.17) is 14.6 Å². The smallest absolute Gasteiger partial charge is 0.430 e. The minimum absolute atomic E-state index is 0.0772. The van der Waals surface area contributed by atoms with Crippen LogP contribution in [0.2, 0.25) is 0 Å². The normalized spacial score (nSPS) is 15.2. The standard InChI is InChI=1S/C26H36FN3O2.C2HF3O2/c1-20(2)19-32-25-11-7-21(8-12-25)17-28-26(31)29(18-22-5-9-23(27)10-6-22)24-13-15-30(3,4)16-14-24;3-2(4,5)1(6)7/h5-12,20,24H,13-19H2,1-4H3;(H,6,7). The molecule has 1 N–H and O–H groups in total. The Labute approximate surface area is 227 Å². The summed E-state index contributed by atoms with van der Waals surface area (Å²) in [6, 6.07) is 14.4. The first-order valence-corrected chi connectivity index (χ1v) is 12.8. The summed E-state index contributed by atoms with van der Waals surface area (Å²) >= 11 is 0. The Morgan fingerprint density at radius 3 is 2.03 bits per heavy atom. The van der Waals surface area contributed by atoms with E-state index in [0.29, 0.717) is 25.6 Å². The molecule has 7 nitrogen and oxygen atoms in total. The third-order valence-corrected chi connectivity index (χ3v) is 6.28. The number of alkyl halides is 3. The number of ether oxygens (including phenoxy) is 1. The molecule has 1 fully saturated rings. The SMILES string of the molecule is CC(C)COc1ccc(CNC(=O)N(Cc2ccc(F)cc2)C2CC[N+](C)(C)CC2)cc1.O=C([O-])C(F)(F)F. The fraction of sp³-hybridized carbons (Fsp3) is 0.500. The topological polar surface area (TPSA) is 81.7 Å². The maximum Gasteiger partial charge on any atom is 0.430 e. The Hall–Kier alpha value is -3.34. The van der Waals surface area contributed by atoms with E-state index in [1.807, 2.05) is 29.2 Å². The lowest BCUT2D eigenvalue weighted by molar-refractivity contribution is -0.895. The number of likely N-dealkylation sites (tertiary alicyclic amines) is 1. The Kier molecular flexibility index (Phi) is 11.6. The van der Waals surface area contributed by atoms with Crippen molar-refractivity contribution in [2.45, 2.75) is 52.0 Å². The largest absolute Gasteiger partial charge is 0.542 e. The fourth-order valence-electron chi connectivity index (χ4n) is 3.96. The molecule has 0 aromatic heterocycles. The van der Waals surface area contributed by atoms with Crippen LogP contribution in [-0.2, 0) is 17.9 Å². The summed E-state index contributed by atoms with van der Waals surface area (Å²) in [5.74, 6) is -1.95. The van der Waals surface area contributed by atoms with Crippen LogP contribution in [0.25, 0.3) is 0 Å². The molecule has 1 saturated heterocycles. The number of amides is 2. The second-order valence-electron chi connectivity index (χ2n) is 10.7. The lowest BCUT2D eigenvalue weighted by Gasteiger charge is -2.41. The molecule has 1 aliphatic heterocycles. The molecule has 0 aliphatic carbocycles. The zero-order valence-electron chi connectivity index (χ0n) is 22.8. The van der Waals surface area contributed by atoms with Crippen LogP contribution < -0.4 is 15.2 Å². The molecule has 3 rings (SSSR count). The van der Waals surface area contributed by atoms with Crippen LogP contribution in [-0.4, -0.2) is 67.4 Å². The van der Waals surface area contributed by atoms with E-state index < -0.39 is 12.1 Å². The molecule has 0 unspecified atom stereocenters. The quantitative estimate of drug-likeness (QED) is 0.393. The molecule has 11 heteroatoms. The van der Waals surface area contributed by atoms with Gasteiger partial charge in [-0.25, -0.2) is 9.18 Å². The first-order valence-electron chi connectivity index (χ1n) is 12.8. The van der Waals surface area contributed by atoms with Crippen molar-refractivity contribution in [2.24, 2.45) is 5.92 Å². The number of hydrogen-bond acceptors (Lipinski definition) is 4. The number of quaternary nitrogens is 1. The minimum atomic E-state index is -5.19. The first kappa shape index (κ1) is 31.9. The summed E-state index contributed by atoms with van der Waals surface area (Å²) in [7, 11) is 4.46. The van der Waals surface area contributed by atoms with E-state index in [0.717, 1.165) is 47.3 Å². The first-order chi connectivity index (χ1) is 18.2. The highest BCUT2D eigenvalue weighted by Crippen LogP contribution is 2.22. The Balaban J connectivity index is 0.000000673. The molecule has 2 aromatic rings. The van der Waals surface area contributed by atoms with E-state index in [9.17, 15) is 22.4 Å². The third kappa shape index (κ3) is 11.5.